The maximum Gasteiger partial charge on any atom is 0.240 e. The molecule has 4 nitrogen and oxygen atoms in total. The smallest absolute Gasteiger partial charge is 0.240 e. The van der Waals surface area contributed by atoms with Gasteiger partial charge in [0.2, 0.25) is 10.0 Å². The normalized spacial score (nSPS) is 30.1. The van der Waals surface area contributed by atoms with Crippen LogP contribution in [-0.4, -0.2) is 25.2 Å². The van der Waals surface area contributed by atoms with E-state index in [2.05, 4.69) is 20.7 Å². The maximum atomic E-state index is 12.3. The van der Waals surface area contributed by atoms with Gasteiger partial charge in [-0.25, -0.2) is 13.1 Å². The molecule has 3 rings (SSSR count). The highest BCUT2D eigenvalue weighted by atomic mass is 79.9. The number of aliphatic hydroxyl groups is 1. The second-order valence-electron chi connectivity index (χ2n) is 6.02. The Labute approximate surface area is 127 Å². The van der Waals surface area contributed by atoms with Gasteiger partial charge in [-0.05, 0) is 62.3 Å². The monoisotopic (exact) mass is 359 g/mol. The molecular formula is C14H18BrNO3S. The van der Waals surface area contributed by atoms with E-state index in [1.165, 1.54) is 0 Å². The summed E-state index contributed by atoms with van der Waals surface area (Å²) in [6, 6.07) is 4.84. The summed E-state index contributed by atoms with van der Waals surface area (Å²) in [4.78, 5) is 0.278. The number of aryl methyl sites for hydroxylation is 1. The van der Waals surface area contributed by atoms with Crippen LogP contribution in [0.4, 0.5) is 0 Å². The van der Waals surface area contributed by atoms with Crippen LogP contribution in [0.5, 0.6) is 0 Å². The summed E-state index contributed by atoms with van der Waals surface area (Å²) in [7, 11) is -3.50. The molecule has 2 saturated carbocycles. The number of benzene rings is 1. The lowest BCUT2D eigenvalue weighted by Crippen LogP contribution is -2.56. The number of hydrogen-bond acceptors (Lipinski definition) is 3. The molecule has 0 atom stereocenters. The van der Waals surface area contributed by atoms with Crippen molar-refractivity contribution >= 4 is 26.0 Å². The van der Waals surface area contributed by atoms with E-state index in [0.717, 1.165) is 22.9 Å². The third kappa shape index (κ3) is 2.66. The molecule has 0 aliphatic heterocycles. The fraction of sp³-hybridized carbons (Fsp3) is 0.571. The minimum Gasteiger partial charge on any atom is -0.389 e. The highest BCUT2D eigenvalue weighted by molar-refractivity contribution is 9.10. The Bertz CT molecular complexity index is 634. The van der Waals surface area contributed by atoms with Gasteiger partial charge in [-0.3, -0.25) is 0 Å². The van der Waals surface area contributed by atoms with E-state index in [1.54, 1.807) is 18.2 Å². The average Bonchev–Trinajstić information content (AvgIpc) is 3.14. The van der Waals surface area contributed by atoms with E-state index in [1.807, 2.05) is 6.92 Å². The van der Waals surface area contributed by atoms with Crippen molar-refractivity contribution in [2.75, 3.05) is 0 Å². The van der Waals surface area contributed by atoms with E-state index in [-0.39, 0.29) is 10.9 Å². The molecule has 1 aromatic rings. The van der Waals surface area contributed by atoms with Crippen LogP contribution >= 0.6 is 15.9 Å². The number of sulfonamides is 1. The Balaban J connectivity index is 1.69. The lowest BCUT2D eigenvalue weighted by atomic mass is 9.73. The van der Waals surface area contributed by atoms with Gasteiger partial charge < -0.3 is 5.11 Å². The SMILES string of the molecule is Cc1cc(S(=O)(=O)NC2CC(O)(C3CC3)C2)ccc1Br. The van der Waals surface area contributed by atoms with Crippen LogP contribution in [0.3, 0.4) is 0 Å². The fourth-order valence-electron chi connectivity index (χ4n) is 2.90. The van der Waals surface area contributed by atoms with E-state index in [0.29, 0.717) is 18.8 Å². The van der Waals surface area contributed by atoms with Crippen LogP contribution in [0, 0.1) is 12.8 Å². The van der Waals surface area contributed by atoms with Crippen LogP contribution in [0.2, 0.25) is 0 Å². The largest absolute Gasteiger partial charge is 0.389 e. The summed E-state index contributed by atoms with van der Waals surface area (Å²) in [5.74, 6) is 0.387. The first kappa shape index (κ1) is 14.5. The molecule has 0 unspecified atom stereocenters. The van der Waals surface area contributed by atoms with E-state index in [4.69, 9.17) is 0 Å². The zero-order valence-corrected chi connectivity index (χ0v) is 13.7. The van der Waals surface area contributed by atoms with Gasteiger partial charge in [0.1, 0.15) is 0 Å². The molecule has 0 saturated heterocycles. The first-order chi connectivity index (χ1) is 9.30. The Morgan fingerprint density at radius 2 is 2.00 bits per heavy atom. The highest BCUT2D eigenvalue weighted by Gasteiger charge is 2.53. The summed E-state index contributed by atoms with van der Waals surface area (Å²) in [6.07, 6.45) is 3.21. The zero-order valence-electron chi connectivity index (χ0n) is 11.3. The van der Waals surface area contributed by atoms with E-state index < -0.39 is 15.6 Å². The third-order valence-electron chi connectivity index (χ3n) is 4.30. The van der Waals surface area contributed by atoms with Crippen molar-refractivity contribution in [2.45, 2.75) is 49.1 Å². The number of rotatable bonds is 4. The first-order valence-electron chi connectivity index (χ1n) is 6.81. The van der Waals surface area contributed by atoms with Gasteiger partial charge in [-0.1, -0.05) is 15.9 Å². The molecule has 0 spiro atoms. The molecule has 0 aromatic heterocycles. The van der Waals surface area contributed by atoms with Gasteiger partial charge in [-0.2, -0.15) is 0 Å². The van der Waals surface area contributed by atoms with Gasteiger partial charge in [0.15, 0.2) is 0 Å². The molecule has 0 heterocycles. The summed E-state index contributed by atoms with van der Waals surface area (Å²) < 4.78 is 28.2. The summed E-state index contributed by atoms with van der Waals surface area (Å²) in [5, 5.41) is 10.2. The minimum absolute atomic E-state index is 0.144. The van der Waals surface area contributed by atoms with Crippen molar-refractivity contribution in [3.63, 3.8) is 0 Å². The molecule has 0 radical (unpaired) electrons. The van der Waals surface area contributed by atoms with Crippen molar-refractivity contribution in [1.82, 2.24) is 4.72 Å². The summed E-state index contributed by atoms with van der Waals surface area (Å²) >= 11 is 3.36. The molecule has 2 fully saturated rings. The van der Waals surface area contributed by atoms with E-state index in [9.17, 15) is 13.5 Å². The van der Waals surface area contributed by atoms with Crippen LogP contribution in [0.15, 0.2) is 27.6 Å². The second kappa shape index (κ2) is 4.80. The predicted octanol–water partition coefficient (Wildman–Crippen LogP) is 2.34. The Kier molecular flexibility index (Phi) is 3.48. The second-order valence-corrected chi connectivity index (χ2v) is 8.58. The number of halogens is 1. The summed E-state index contributed by atoms with van der Waals surface area (Å²) in [5.41, 5.74) is 0.263. The van der Waals surface area contributed by atoms with Gasteiger partial charge in [0, 0.05) is 10.5 Å². The Morgan fingerprint density at radius 3 is 2.55 bits per heavy atom. The van der Waals surface area contributed by atoms with Crippen molar-refractivity contribution in [3.8, 4) is 0 Å². The van der Waals surface area contributed by atoms with Gasteiger partial charge in [-0.15, -0.1) is 0 Å². The topological polar surface area (TPSA) is 66.4 Å². The number of nitrogens with one attached hydrogen (secondary N) is 1. The average molecular weight is 360 g/mol. The molecule has 0 bridgehead atoms. The lowest BCUT2D eigenvalue weighted by molar-refractivity contribution is -0.0690. The van der Waals surface area contributed by atoms with Crippen LogP contribution in [-0.2, 0) is 10.0 Å². The lowest BCUT2D eigenvalue weighted by Gasteiger charge is -2.44. The van der Waals surface area contributed by atoms with Gasteiger partial charge in [0.25, 0.3) is 0 Å². The predicted molar refractivity (Wildman–Crippen MR) is 79.9 cm³/mol. The van der Waals surface area contributed by atoms with E-state index >= 15 is 0 Å². The van der Waals surface area contributed by atoms with Gasteiger partial charge in [0.05, 0.1) is 10.5 Å². The molecular weight excluding hydrogens is 342 g/mol. The fourth-order valence-corrected chi connectivity index (χ4v) is 4.47. The molecule has 2 aliphatic rings. The Morgan fingerprint density at radius 1 is 1.35 bits per heavy atom. The molecule has 20 heavy (non-hydrogen) atoms. The van der Waals surface area contributed by atoms with Crippen molar-refractivity contribution < 1.29 is 13.5 Å². The molecule has 0 amide bonds. The van der Waals surface area contributed by atoms with Gasteiger partial charge >= 0.3 is 0 Å². The molecule has 6 heteroatoms. The van der Waals surface area contributed by atoms with Crippen molar-refractivity contribution in [1.29, 1.82) is 0 Å². The highest BCUT2D eigenvalue weighted by Crippen LogP contribution is 2.50. The molecule has 110 valence electrons. The number of hydrogen-bond donors (Lipinski definition) is 2. The maximum absolute atomic E-state index is 12.3. The van der Waals surface area contributed by atoms with Crippen LogP contribution in [0.25, 0.3) is 0 Å². The summed E-state index contributed by atoms with van der Waals surface area (Å²) in [6.45, 7) is 1.86. The third-order valence-corrected chi connectivity index (χ3v) is 6.71. The molecule has 2 aliphatic carbocycles. The van der Waals surface area contributed by atoms with Crippen molar-refractivity contribution in [2.24, 2.45) is 5.92 Å². The van der Waals surface area contributed by atoms with Crippen LogP contribution < -0.4 is 4.72 Å². The molecule has 2 N–H and O–H groups in total. The zero-order chi connectivity index (χ0) is 14.5. The quantitative estimate of drug-likeness (QED) is 0.866. The standard InChI is InChI=1S/C14H18BrNO3S/c1-9-6-12(4-5-13(9)15)20(18,19)16-11-7-14(17,8-11)10-2-3-10/h4-6,10-11,16-17H,2-3,7-8H2,1H3. The van der Waals surface area contributed by atoms with Crippen molar-refractivity contribution in [3.05, 3.63) is 28.2 Å². The van der Waals surface area contributed by atoms with Crippen LogP contribution in [0.1, 0.15) is 31.2 Å². The minimum atomic E-state index is -3.50. The first-order valence-corrected chi connectivity index (χ1v) is 9.09. The Hall–Kier alpha value is -0.430. The molecule has 1 aromatic carbocycles.